The molecule has 0 saturated carbocycles. The van der Waals surface area contributed by atoms with Gasteiger partial charge in [0.15, 0.2) is 5.58 Å². The molecule has 1 atom stereocenters. The van der Waals surface area contributed by atoms with Crippen molar-refractivity contribution in [3.05, 3.63) is 30.0 Å². The van der Waals surface area contributed by atoms with Crippen LogP contribution >= 0.6 is 12.4 Å². The molecule has 2 heterocycles. The highest BCUT2D eigenvalue weighted by atomic mass is 35.5. The van der Waals surface area contributed by atoms with Gasteiger partial charge < -0.3 is 14.7 Å². The first kappa shape index (κ1) is 14.8. The molecule has 3 rings (SSSR count). The molecular formula is C14H18ClN3O2. The number of fused-ring (bicyclic) bond motifs is 1. The van der Waals surface area contributed by atoms with Gasteiger partial charge in [0.1, 0.15) is 5.69 Å². The molecule has 0 unspecified atom stereocenters. The Morgan fingerprint density at radius 3 is 3.10 bits per heavy atom. The number of nitrogens with zero attached hydrogens (tertiary/aromatic N) is 2. The zero-order valence-electron chi connectivity index (χ0n) is 11.3. The number of halogens is 1. The Bertz CT molecular complexity index is 599. The van der Waals surface area contributed by atoms with Crippen LogP contribution in [0.5, 0.6) is 0 Å². The lowest BCUT2D eigenvalue weighted by Crippen LogP contribution is -2.51. The lowest BCUT2D eigenvalue weighted by molar-refractivity contribution is -0.131. The first-order valence-electron chi connectivity index (χ1n) is 6.58. The fourth-order valence-electron chi connectivity index (χ4n) is 2.48. The molecule has 1 amide bonds. The maximum absolute atomic E-state index is 12.3. The summed E-state index contributed by atoms with van der Waals surface area (Å²) in [6.07, 6.45) is 0.309. The van der Waals surface area contributed by atoms with Gasteiger partial charge in [-0.05, 0) is 19.1 Å². The van der Waals surface area contributed by atoms with E-state index >= 15 is 0 Å². The largest absolute Gasteiger partial charge is 0.356 e. The molecule has 1 aromatic carbocycles. The first-order valence-corrected chi connectivity index (χ1v) is 6.58. The standard InChI is InChI=1S/C14H17N3O2.ClH/c1-10-9-17(7-6-15-10)14(18)8-12-11-4-2-3-5-13(11)19-16-12;/h2-5,10,15H,6-9H2,1H3;1H/t10-;/m1./s1. The molecule has 0 spiro atoms. The van der Waals surface area contributed by atoms with Gasteiger partial charge in [-0.15, -0.1) is 12.4 Å². The number of para-hydroxylation sites is 1. The Hall–Kier alpha value is -1.59. The number of carbonyl (C=O) groups is 1. The average molecular weight is 296 g/mol. The minimum atomic E-state index is 0. The molecule has 1 aromatic heterocycles. The van der Waals surface area contributed by atoms with Crippen molar-refractivity contribution in [3.63, 3.8) is 0 Å². The van der Waals surface area contributed by atoms with Crippen molar-refractivity contribution in [2.24, 2.45) is 0 Å². The number of hydrogen-bond acceptors (Lipinski definition) is 4. The number of carbonyl (C=O) groups excluding carboxylic acids is 1. The topological polar surface area (TPSA) is 58.4 Å². The normalized spacial score (nSPS) is 18.9. The molecule has 5 nitrogen and oxygen atoms in total. The van der Waals surface area contributed by atoms with Crippen molar-refractivity contribution < 1.29 is 9.32 Å². The summed E-state index contributed by atoms with van der Waals surface area (Å²) in [6, 6.07) is 7.99. The Morgan fingerprint density at radius 2 is 2.30 bits per heavy atom. The van der Waals surface area contributed by atoms with Gasteiger partial charge in [-0.1, -0.05) is 17.3 Å². The first-order chi connectivity index (χ1) is 9.24. The summed E-state index contributed by atoms with van der Waals surface area (Å²) in [5.74, 6) is 0.118. The molecule has 1 fully saturated rings. The van der Waals surface area contributed by atoms with E-state index in [0.29, 0.717) is 12.5 Å². The molecular weight excluding hydrogens is 278 g/mol. The number of nitrogens with one attached hydrogen (secondary N) is 1. The Morgan fingerprint density at radius 1 is 1.50 bits per heavy atom. The molecule has 1 aliphatic heterocycles. The fraction of sp³-hybridized carbons (Fsp3) is 0.429. The van der Waals surface area contributed by atoms with Crippen LogP contribution in [0.2, 0.25) is 0 Å². The van der Waals surface area contributed by atoms with E-state index in [1.54, 1.807) is 0 Å². The minimum Gasteiger partial charge on any atom is -0.356 e. The van der Waals surface area contributed by atoms with Crippen molar-refractivity contribution in [3.8, 4) is 0 Å². The third-order valence-electron chi connectivity index (χ3n) is 3.49. The van der Waals surface area contributed by atoms with Crippen LogP contribution in [0.25, 0.3) is 11.0 Å². The highest BCUT2D eigenvalue weighted by molar-refractivity contribution is 5.86. The van der Waals surface area contributed by atoms with E-state index in [1.807, 2.05) is 29.2 Å². The van der Waals surface area contributed by atoms with Crippen molar-refractivity contribution >= 4 is 29.3 Å². The second-order valence-electron chi connectivity index (χ2n) is 5.00. The number of amides is 1. The zero-order chi connectivity index (χ0) is 13.2. The minimum absolute atomic E-state index is 0. The summed E-state index contributed by atoms with van der Waals surface area (Å²) in [5.41, 5.74) is 1.46. The third-order valence-corrected chi connectivity index (χ3v) is 3.49. The monoisotopic (exact) mass is 295 g/mol. The van der Waals surface area contributed by atoms with Gasteiger partial charge in [0, 0.05) is 31.1 Å². The molecule has 6 heteroatoms. The van der Waals surface area contributed by atoms with E-state index < -0.39 is 0 Å². The lowest BCUT2D eigenvalue weighted by Gasteiger charge is -2.31. The maximum Gasteiger partial charge on any atom is 0.228 e. The Balaban J connectivity index is 0.00000147. The number of rotatable bonds is 2. The summed E-state index contributed by atoms with van der Waals surface area (Å²) in [6.45, 7) is 4.46. The predicted octanol–water partition coefficient (Wildman–Crippen LogP) is 1.61. The van der Waals surface area contributed by atoms with E-state index in [0.717, 1.165) is 36.3 Å². The van der Waals surface area contributed by atoms with Crippen molar-refractivity contribution in [2.75, 3.05) is 19.6 Å². The number of hydrogen-bond donors (Lipinski definition) is 1. The molecule has 2 aromatic rings. The zero-order valence-corrected chi connectivity index (χ0v) is 12.2. The van der Waals surface area contributed by atoms with Gasteiger partial charge in [-0.2, -0.15) is 0 Å². The SMILES string of the molecule is C[C@@H]1CN(C(=O)Cc2noc3ccccc23)CCN1.Cl. The Kier molecular flexibility index (Phi) is 4.62. The quantitative estimate of drug-likeness (QED) is 0.914. The van der Waals surface area contributed by atoms with Crippen LogP contribution in [0.3, 0.4) is 0 Å². The van der Waals surface area contributed by atoms with Gasteiger partial charge in [0.05, 0.1) is 6.42 Å². The van der Waals surface area contributed by atoms with Crippen molar-refractivity contribution in [1.82, 2.24) is 15.4 Å². The van der Waals surface area contributed by atoms with Crippen LogP contribution in [0.1, 0.15) is 12.6 Å². The summed E-state index contributed by atoms with van der Waals surface area (Å²) in [4.78, 5) is 14.2. The smallest absolute Gasteiger partial charge is 0.228 e. The second kappa shape index (κ2) is 6.24. The maximum atomic E-state index is 12.3. The molecule has 1 N–H and O–H groups in total. The lowest BCUT2D eigenvalue weighted by atomic mass is 10.1. The van der Waals surface area contributed by atoms with Crippen LogP contribution in [0.4, 0.5) is 0 Å². The summed E-state index contributed by atoms with van der Waals surface area (Å²) in [7, 11) is 0. The molecule has 1 aliphatic rings. The average Bonchev–Trinajstić information content (AvgIpc) is 2.82. The molecule has 0 aliphatic carbocycles. The van der Waals surface area contributed by atoms with Gasteiger partial charge in [0.2, 0.25) is 5.91 Å². The Labute approximate surface area is 123 Å². The van der Waals surface area contributed by atoms with Gasteiger partial charge in [-0.3, -0.25) is 4.79 Å². The van der Waals surface area contributed by atoms with E-state index in [2.05, 4.69) is 17.4 Å². The predicted molar refractivity (Wildman–Crippen MR) is 79.0 cm³/mol. The van der Waals surface area contributed by atoms with Gasteiger partial charge in [0.25, 0.3) is 0 Å². The van der Waals surface area contributed by atoms with E-state index in [9.17, 15) is 4.79 Å². The van der Waals surface area contributed by atoms with E-state index in [-0.39, 0.29) is 18.3 Å². The van der Waals surface area contributed by atoms with Gasteiger partial charge in [-0.25, -0.2) is 0 Å². The molecule has 1 saturated heterocycles. The van der Waals surface area contributed by atoms with E-state index in [4.69, 9.17) is 4.52 Å². The summed E-state index contributed by atoms with van der Waals surface area (Å²) in [5, 5.41) is 8.27. The molecule has 0 radical (unpaired) electrons. The number of benzene rings is 1. The number of piperazine rings is 1. The van der Waals surface area contributed by atoms with Crippen molar-refractivity contribution in [2.45, 2.75) is 19.4 Å². The molecule has 0 bridgehead atoms. The van der Waals surface area contributed by atoms with Crippen LogP contribution in [0, 0.1) is 0 Å². The highest BCUT2D eigenvalue weighted by Crippen LogP contribution is 2.18. The fourth-order valence-corrected chi connectivity index (χ4v) is 2.48. The van der Waals surface area contributed by atoms with Crippen LogP contribution < -0.4 is 5.32 Å². The summed E-state index contributed by atoms with van der Waals surface area (Å²) < 4.78 is 5.23. The molecule has 20 heavy (non-hydrogen) atoms. The van der Waals surface area contributed by atoms with Crippen LogP contribution in [-0.2, 0) is 11.2 Å². The van der Waals surface area contributed by atoms with Crippen molar-refractivity contribution in [1.29, 1.82) is 0 Å². The molecule has 108 valence electrons. The van der Waals surface area contributed by atoms with E-state index in [1.165, 1.54) is 0 Å². The number of aromatic nitrogens is 1. The second-order valence-corrected chi connectivity index (χ2v) is 5.00. The highest BCUT2D eigenvalue weighted by Gasteiger charge is 2.22. The van der Waals surface area contributed by atoms with Crippen LogP contribution in [-0.4, -0.2) is 41.6 Å². The van der Waals surface area contributed by atoms with Crippen LogP contribution in [0.15, 0.2) is 28.8 Å². The summed E-state index contributed by atoms with van der Waals surface area (Å²) >= 11 is 0. The third kappa shape index (κ3) is 2.94. The van der Waals surface area contributed by atoms with Gasteiger partial charge >= 0.3 is 0 Å².